The predicted molar refractivity (Wildman–Crippen MR) is 251 cm³/mol. The van der Waals surface area contributed by atoms with Crippen molar-refractivity contribution in [2.24, 2.45) is 0 Å². The van der Waals surface area contributed by atoms with Crippen LogP contribution in [-0.4, -0.2) is 202 Å². The average Bonchev–Trinajstić information content (AvgIpc) is 3.25. The smallest absolute Gasteiger partial charge is 0.0773 e. The van der Waals surface area contributed by atoms with E-state index in [0.29, 0.717) is 26.2 Å². The van der Waals surface area contributed by atoms with Crippen LogP contribution in [0.5, 0.6) is 0 Å². The van der Waals surface area contributed by atoms with Gasteiger partial charge in [0.2, 0.25) is 0 Å². The van der Waals surface area contributed by atoms with Crippen molar-refractivity contribution in [3.05, 3.63) is 0 Å². The minimum absolute atomic E-state index is 0.0509. The minimum atomic E-state index is -0.390. The Bertz CT molecular complexity index is 316. The predicted octanol–water partition coefficient (Wildman–Crippen LogP) is 5.46. The first-order chi connectivity index (χ1) is 27.8. The Morgan fingerprint density at radius 1 is 0.328 bits per heavy atom. The highest BCUT2D eigenvalue weighted by Crippen LogP contribution is 1.99. The summed E-state index contributed by atoms with van der Waals surface area (Å²) in [6.45, 7) is 23.5. The molecule has 0 aromatic heterocycles. The average molecular weight is 877 g/mol. The number of rotatable bonds is 13. The Kier molecular flexibility index (Phi) is 368. The van der Waals surface area contributed by atoms with E-state index in [2.05, 4.69) is 58.3 Å². The van der Waals surface area contributed by atoms with E-state index >= 15 is 0 Å². The Hall–Kier alpha value is -0.640. The Labute approximate surface area is 363 Å². The van der Waals surface area contributed by atoms with Gasteiger partial charge in [-0.25, -0.2) is 0 Å². The molecule has 4 atom stereocenters. The second kappa shape index (κ2) is 200. The van der Waals surface area contributed by atoms with Crippen molar-refractivity contribution in [2.45, 2.75) is 158 Å². The second-order valence-corrected chi connectivity index (χ2v) is 9.46. The third-order valence-electron chi connectivity index (χ3n) is 3.64. The van der Waals surface area contributed by atoms with Gasteiger partial charge in [0.15, 0.2) is 0 Å². The van der Waals surface area contributed by atoms with Gasteiger partial charge < -0.3 is 79.5 Å². The summed E-state index contributed by atoms with van der Waals surface area (Å²) in [6.07, 6.45) is 7.55. The maximum absolute atomic E-state index is 9.23. The van der Waals surface area contributed by atoms with E-state index in [9.17, 15) is 5.11 Å². The van der Waals surface area contributed by atoms with Gasteiger partial charge in [-0.1, -0.05) is 102 Å². The molecule has 58 heavy (non-hydrogen) atoms. The van der Waals surface area contributed by atoms with Crippen LogP contribution >= 0.6 is 0 Å². The van der Waals surface area contributed by atoms with Crippen LogP contribution < -0.4 is 0 Å². The monoisotopic (exact) mass is 877 g/mol. The standard InChI is InChI=1S/C9H20O3.C6H14O.C5H12O2.2C3H8.4C2H6O.C2H6.6CH4O/c1-3-5-9(11)7-12-6-8(10)4-2;1-3-5-6(7)4-2;1-3-5(6)4-7-2;6*1-3-2;7*1-2/h8-11H,3-7H2,1-2H3;6-7H,3-5H2,1-2H3;5-6H,3-4H2,1-2H3;2*3H2,1-2H3;4*1-2H3;1-2H3;6*2H,1H3. The van der Waals surface area contributed by atoms with Gasteiger partial charge in [0, 0.05) is 107 Å². The molecule has 0 aromatic rings. The van der Waals surface area contributed by atoms with Crippen molar-refractivity contribution in [3.63, 3.8) is 0 Å². The molecule has 0 aliphatic heterocycles. The number of aliphatic hydroxyl groups excluding tert-OH is 10. The molecule has 0 rings (SSSR count). The molecule has 16 heteroatoms. The Balaban J connectivity index is -0.0000000245. The summed E-state index contributed by atoms with van der Waals surface area (Å²) in [4.78, 5) is 0. The first-order valence-corrected chi connectivity index (χ1v) is 19.9. The summed E-state index contributed by atoms with van der Waals surface area (Å²) < 4.78 is 26.7. The largest absolute Gasteiger partial charge is 0.400 e. The molecule has 0 saturated carbocycles. The summed E-state index contributed by atoms with van der Waals surface area (Å²) in [6, 6.07) is 0. The topological polar surface area (TPSA) is 258 Å². The third kappa shape index (κ3) is 395. The maximum Gasteiger partial charge on any atom is 0.0773 e. The number of methoxy groups -OCH3 is 5. The summed E-state index contributed by atoms with van der Waals surface area (Å²) in [7, 11) is 20.6. The van der Waals surface area contributed by atoms with E-state index in [4.69, 9.17) is 50.7 Å². The van der Waals surface area contributed by atoms with E-state index in [0.717, 1.165) is 81.2 Å². The molecule has 0 aromatic carbocycles. The lowest BCUT2D eigenvalue weighted by Crippen LogP contribution is -2.20. The van der Waals surface area contributed by atoms with E-state index in [1.54, 1.807) is 64.0 Å². The highest BCUT2D eigenvalue weighted by Gasteiger charge is 2.04. The molecule has 16 nitrogen and oxygen atoms in total. The van der Waals surface area contributed by atoms with Crippen molar-refractivity contribution in [3.8, 4) is 0 Å². The van der Waals surface area contributed by atoms with Crippen LogP contribution in [-0.2, 0) is 28.4 Å². The molecule has 0 saturated heterocycles. The number of hydrogen-bond acceptors (Lipinski definition) is 16. The van der Waals surface area contributed by atoms with Crippen LogP contribution in [0.1, 0.15) is 134 Å². The van der Waals surface area contributed by atoms with Crippen LogP contribution in [0.3, 0.4) is 0 Å². The van der Waals surface area contributed by atoms with Crippen LogP contribution in [0.4, 0.5) is 0 Å². The normalized spacial score (nSPS) is 9.31. The van der Waals surface area contributed by atoms with Crippen LogP contribution in [0.15, 0.2) is 0 Å². The lowest BCUT2D eigenvalue weighted by atomic mass is 10.2. The van der Waals surface area contributed by atoms with Gasteiger partial charge in [0.05, 0.1) is 44.2 Å². The molecule has 0 aliphatic carbocycles. The lowest BCUT2D eigenvalue weighted by molar-refractivity contribution is -0.0105. The zero-order chi connectivity index (χ0) is 51.0. The molecule has 10 N–H and O–H groups in total. The highest BCUT2D eigenvalue weighted by atomic mass is 16.5. The lowest BCUT2D eigenvalue weighted by Gasteiger charge is -2.12. The molecule has 0 fully saturated rings. The highest BCUT2D eigenvalue weighted by molar-refractivity contribution is 4.54. The van der Waals surface area contributed by atoms with Crippen molar-refractivity contribution in [1.29, 1.82) is 0 Å². The fourth-order valence-corrected chi connectivity index (χ4v) is 1.72. The minimum Gasteiger partial charge on any atom is -0.400 e. The number of ether oxygens (including phenoxy) is 6. The van der Waals surface area contributed by atoms with Gasteiger partial charge in [-0.15, -0.1) is 0 Å². The quantitative estimate of drug-likeness (QED) is 0.110. The Morgan fingerprint density at radius 3 is 0.638 bits per heavy atom. The fourth-order valence-electron chi connectivity index (χ4n) is 1.72. The van der Waals surface area contributed by atoms with E-state index in [-0.39, 0.29) is 24.4 Å². The second-order valence-electron chi connectivity index (χ2n) is 9.46. The van der Waals surface area contributed by atoms with E-state index in [1.165, 1.54) is 12.8 Å². The zero-order valence-corrected chi connectivity index (χ0v) is 43.7. The summed E-state index contributed by atoms with van der Waals surface area (Å²) in [5.74, 6) is 0. The molecular formula is C42H116O16. The van der Waals surface area contributed by atoms with Gasteiger partial charge >= 0.3 is 0 Å². The van der Waals surface area contributed by atoms with Gasteiger partial charge in [0.1, 0.15) is 0 Å². The van der Waals surface area contributed by atoms with Gasteiger partial charge in [-0.2, -0.15) is 0 Å². The van der Waals surface area contributed by atoms with Crippen LogP contribution in [0, 0.1) is 0 Å². The number of hydrogen-bond donors (Lipinski definition) is 10. The van der Waals surface area contributed by atoms with Crippen LogP contribution in [0.2, 0.25) is 0 Å². The molecule has 0 spiro atoms. The molecule has 0 bridgehead atoms. The SMILES string of the molecule is CC.CCC.CCC.CCC(O)COC.CCCC(O)CC.CCCC(O)COCC(O)CC.CO.CO.CO.CO.CO.CO.COC.COC.COC.COC. The van der Waals surface area contributed by atoms with Gasteiger partial charge in [0.25, 0.3) is 0 Å². The van der Waals surface area contributed by atoms with E-state index < -0.39 is 0 Å². The first-order valence-electron chi connectivity index (χ1n) is 19.9. The summed E-state index contributed by atoms with van der Waals surface area (Å²) in [5, 5.41) is 77.9. The van der Waals surface area contributed by atoms with Gasteiger partial charge in [-0.3, -0.25) is 0 Å². The third-order valence-corrected chi connectivity index (χ3v) is 3.64. The molecule has 0 radical (unpaired) electrons. The van der Waals surface area contributed by atoms with E-state index in [1.807, 2.05) is 41.5 Å². The molecular weight excluding hydrogens is 760 g/mol. The molecule has 0 heterocycles. The van der Waals surface area contributed by atoms with Crippen molar-refractivity contribution in [2.75, 3.05) is 126 Å². The van der Waals surface area contributed by atoms with Crippen molar-refractivity contribution in [1.82, 2.24) is 0 Å². The number of aliphatic hydroxyl groups is 10. The van der Waals surface area contributed by atoms with Gasteiger partial charge in [-0.05, 0) is 32.1 Å². The fraction of sp³-hybridized carbons (Fsp3) is 1.00. The summed E-state index contributed by atoms with van der Waals surface area (Å²) >= 11 is 0. The molecule has 4 unspecified atom stereocenters. The van der Waals surface area contributed by atoms with Crippen molar-refractivity contribution < 1.29 is 79.5 Å². The zero-order valence-electron chi connectivity index (χ0n) is 43.7. The first kappa shape index (κ1) is 107. The molecule has 380 valence electrons. The summed E-state index contributed by atoms with van der Waals surface area (Å²) in [5.41, 5.74) is 0. The Morgan fingerprint density at radius 2 is 0.500 bits per heavy atom. The van der Waals surface area contributed by atoms with Crippen LogP contribution in [0.25, 0.3) is 0 Å². The maximum atomic E-state index is 9.23. The molecule has 0 amide bonds. The molecule has 0 aliphatic rings. The van der Waals surface area contributed by atoms with Crippen molar-refractivity contribution >= 4 is 0 Å².